The summed E-state index contributed by atoms with van der Waals surface area (Å²) >= 11 is 0. The van der Waals surface area contributed by atoms with Gasteiger partial charge in [0.05, 0.1) is 12.7 Å². The highest BCUT2D eigenvalue weighted by Crippen LogP contribution is 2.17. The molecule has 0 spiro atoms. The fourth-order valence-electron chi connectivity index (χ4n) is 1.95. The number of hydrogen-bond acceptors (Lipinski definition) is 4. The van der Waals surface area contributed by atoms with Crippen molar-refractivity contribution in [3.63, 3.8) is 0 Å². The zero-order chi connectivity index (χ0) is 14.3. The van der Waals surface area contributed by atoms with Crippen molar-refractivity contribution in [1.29, 1.82) is 0 Å². The van der Waals surface area contributed by atoms with Gasteiger partial charge in [0.15, 0.2) is 0 Å². The molecule has 0 saturated carbocycles. The zero-order valence-corrected chi connectivity index (χ0v) is 11.2. The Hall–Kier alpha value is -1.34. The molecule has 2 atom stereocenters. The van der Waals surface area contributed by atoms with Crippen molar-refractivity contribution in [2.75, 3.05) is 26.3 Å². The first-order valence-corrected chi connectivity index (χ1v) is 6.59. The number of carbonyl (C=O) groups excluding carboxylic acids is 1. The molecular formula is C12H22N2O5. The Morgan fingerprint density at radius 2 is 2.16 bits per heavy atom. The third-order valence-electron chi connectivity index (χ3n) is 2.99. The van der Waals surface area contributed by atoms with Crippen molar-refractivity contribution in [3.8, 4) is 0 Å². The van der Waals surface area contributed by atoms with Crippen molar-refractivity contribution in [2.45, 2.75) is 38.3 Å². The minimum Gasteiger partial charge on any atom is -0.480 e. The summed E-state index contributed by atoms with van der Waals surface area (Å²) in [4.78, 5) is 23.9. The molecule has 1 unspecified atom stereocenters. The number of nitrogens with zero attached hydrogens (tertiary/aromatic N) is 1. The SMILES string of the molecule is CCCCOCCNC(=O)N1CC(O)C[C@H]1C(=O)O. The third kappa shape index (κ3) is 5.04. The molecule has 110 valence electrons. The van der Waals surface area contributed by atoms with Crippen LogP contribution in [0.15, 0.2) is 0 Å². The van der Waals surface area contributed by atoms with Gasteiger partial charge in [0.25, 0.3) is 0 Å². The lowest BCUT2D eigenvalue weighted by atomic mass is 10.2. The second kappa shape index (κ2) is 7.96. The van der Waals surface area contributed by atoms with E-state index < -0.39 is 24.1 Å². The number of rotatable bonds is 7. The number of carboxylic acid groups (broad SMARTS) is 1. The predicted molar refractivity (Wildman–Crippen MR) is 67.9 cm³/mol. The molecule has 0 aromatic carbocycles. The van der Waals surface area contributed by atoms with Gasteiger partial charge in [-0.1, -0.05) is 13.3 Å². The highest BCUT2D eigenvalue weighted by Gasteiger charge is 2.38. The van der Waals surface area contributed by atoms with Crippen molar-refractivity contribution >= 4 is 12.0 Å². The van der Waals surface area contributed by atoms with E-state index in [0.29, 0.717) is 19.8 Å². The number of aliphatic hydroxyl groups excluding tert-OH is 1. The summed E-state index contributed by atoms with van der Waals surface area (Å²) in [5, 5.41) is 21.0. The molecule has 1 heterocycles. The van der Waals surface area contributed by atoms with E-state index in [4.69, 9.17) is 9.84 Å². The molecule has 0 aliphatic carbocycles. The second-order valence-electron chi connectivity index (χ2n) is 4.59. The van der Waals surface area contributed by atoms with E-state index in [2.05, 4.69) is 12.2 Å². The lowest BCUT2D eigenvalue weighted by molar-refractivity contribution is -0.141. The van der Waals surface area contributed by atoms with E-state index in [-0.39, 0.29) is 13.0 Å². The predicted octanol–water partition coefficient (Wildman–Crippen LogP) is 0.0325. The molecule has 7 nitrogen and oxygen atoms in total. The number of β-amino-alcohol motifs (C(OH)–C–C–N with tert-alkyl or cyclic N) is 1. The molecule has 1 rings (SSSR count). The summed E-state index contributed by atoms with van der Waals surface area (Å²) in [6, 6.07) is -1.42. The smallest absolute Gasteiger partial charge is 0.326 e. The Bertz CT molecular complexity index is 310. The van der Waals surface area contributed by atoms with Gasteiger partial charge >= 0.3 is 12.0 Å². The normalized spacial score (nSPS) is 22.5. The quantitative estimate of drug-likeness (QED) is 0.569. The van der Waals surface area contributed by atoms with Gasteiger partial charge in [-0.3, -0.25) is 0 Å². The average molecular weight is 274 g/mol. The Balaban J connectivity index is 2.26. The highest BCUT2D eigenvalue weighted by molar-refractivity contribution is 5.83. The van der Waals surface area contributed by atoms with Gasteiger partial charge in [0, 0.05) is 26.1 Å². The monoisotopic (exact) mass is 274 g/mol. The number of amides is 2. The molecule has 0 bridgehead atoms. The Labute approximate surface area is 112 Å². The van der Waals surface area contributed by atoms with Gasteiger partial charge in [-0.05, 0) is 6.42 Å². The Kier molecular flexibility index (Phi) is 6.58. The van der Waals surface area contributed by atoms with Crippen LogP contribution in [0.4, 0.5) is 4.79 Å². The number of hydrogen-bond donors (Lipinski definition) is 3. The highest BCUT2D eigenvalue weighted by atomic mass is 16.5. The zero-order valence-electron chi connectivity index (χ0n) is 11.2. The molecule has 0 radical (unpaired) electrons. The summed E-state index contributed by atoms with van der Waals surface area (Å²) < 4.78 is 5.28. The lowest BCUT2D eigenvalue weighted by Crippen LogP contribution is -2.46. The van der Waals surface area contributed by atoms with Crippen LogP contribution in [0, 0.1) is 0 Å². The van der Waals surface area contributed by atoms with Gasteiger partial charge in [0.1, 0.15) is 6.04 Å². The Morgan fingerprint density at radius 3 is 2.79 bits per heavy atom. The number of likely N-dealkylation sites (tertiary alicyclic amines) is 1. The van der Waals surface area contributed by atoms with Crippen LogP contribution in [0.25, 0.3) is 0 Å². The van der Waals surface area contributed by atoms with E-state index in [9.17, 15) is 14.7 Å². The van der Waals surface area contributed by atoms with Crippen LogP contribution in [0.1, 0.15) is 26.2 Å². The van der Waals surface area contributed by atoms with Crippen LogP contribution < -0.4 is 5.32 Å². The molecule has 2 amide bonds. The van der Waals surface area contributed by atoms with Crippen molar-refractivity contribution < 1.29 is 24.5 Å². The standard InChI is InChI=1S/C12H22N2O5/c1-2-3-5-19-6-4-13-12(18)14-8-9(15)7-10(14)11(16)17/h9-10,15H,2-8H2,1H3,(H,13,18)(H,16,17)/t9?,10-/m0/s1. The van der Waals surface area contributed by atoms with E-state index in [1.54, 1.807) is 0 Å². The lowest BCUT2D eigenvalue weighted by Gasteiger charge is -2.21. The van der Waals surface area contributed by atoms with Gasteiger partial charge in [-0.2, -0.15) is 0 Å². The molecule has 19 heavy (non-hydrogen) atoms. The molecule has 1 saturated heterocycles. The second-order valence-corrected chi connectivity index (χ2v) is 4.59. The summed E-state index contributed by atoms with van der Waals surface area (Å²) in [5.41, 5.74) is 0. The molecule has 1 fully saturated rings. The Morgan fingerprint density at radius 1 is 1.42 bits per heavy atom. The fourth-order valence-corrected chi connectivity index (χ4v) is 1.95. The van der Waals surface area contributed by atoms with E-state index >= 15 is 0 Å². The van der Waals surface area contributed by atoms with Crippen molar-refractivity contribution in [1.82, 2.24) is 10.2 Å². The molecule has 0 aromatic heterocycles. The average Bonchev–Trinajstić information content (AvgIpc) is 2.76. The number of ether oxygens (including phenoxy) is 1. The maximum absolute atomic E-state index is 11.8. The van der Waals surface area contributed by atoms with E-state index in [1.165, 1.54) is 0 Å². The fraction of sp³-hybridized carbons (Fsp3) is 0.833. The number of aliphatic carboxylic acids is 1. The number of aliphatic hydroxyl groups is 1. The molecule has 0 aromatic rings. The van der Waals surface area contributed by atoms with Crippen LogP contribution in [0.2, 0.25) is 0 Å². The van der Waals surface area contributed by atoms with Crippen LogP contribution in [-0.4, -0.2) is 65.6 Å². The number of nitrogens with one attached hydrogen (secondary N) is 1. The van der Waals surface area contributed by atoms with Gasteiger partial charge in [-0.25, -0.2) is 9.59 Å². The van der Waals surface area contributed by atoms with Crippen molar-refractivity contribution in [2.24, 2.45) is 0 Å². The number of urea groups is 1. The van der Waals surface area contributed by atoms with Gasteiger partial charge in [-0.15, -0.1) is 0 Å². The van der Waals surface area contributed by atoms with Crippen LogP contribution in [0.5, 0.6) is 0 Å². The van der Waals surface area contributed by atoms with Gasteiger partial charge < -0.3 is 25.2 Å². The van der Waals surface area contributed by atoms with E-state index in [0.717, 1.165) is 17.7 Å². The first-order chi connectivity index (χ1) is 9.06. The molecule has 1 aliphatic rings. The maximum atomic E-state index is 11.8. The summed E-state index contributed by atoms with van der Waals surface area (Å²) in [5.74, 6) is -1.09. The molecule has 7 heteroatoms. The van der Waals surface area contributed by atoms with Crippen LogP contribution in [0.3, 0.4) is 0 Å². The van der Waals surface area contributed by atoms with Crippen LogP contribution in [-0.2, 0) is 9.53 Å². The maximum Gasteiger partial charge on any atom is 0.326 e. The summed E-state index contributed by atoms with van der Waals surface area (Å²) in [6.45, 7) is 3.52. The number of carboxylic acids is 1. The minimum absolute atomic E-state index is 0.0551. The van der Waals surface area contributed by atoms with Gasteiger partial charge in [0.2, 0.25) is 0 Å². The minimum atomic E-state index is -1.09. The van der Waals surface area contributed by atoms with Crippen LogP contribution >= 0.6 is 0 Å². The third-order valence-corrected chi connectivity index (χ3v) is 2.99. The molecule has 1 aliphatic heterocycles. The molecule has 3 N–H and O–H groups in total. The number of carbonyl (C=O) groups is 2. The number of unbranched alkanes of at least 4 members (excludes halogenated alkanes) is 1. The summed E-state index contributed by atoms with van der Waals surface area (Å²) in [6.07, 6.45) is 1.34. The first-order valence-electron chi connectivity index (χ1n) is 6.59. The largest absolute Gasteiger partial charge is 0.480 e. The first kappa shape index (κ1) is 15.7. The van der Waals surface area contributed by atoms with E-state index in [1.807, 2.05) is 0 Å². The topological polar surface area (TPSA) is 99.1 Å². The molecular weight excluding hydrogens is 252 g/mol. The summed E-state index contributed by atoms with van der Waals surface area (Å²) in [7, 11) is 0. The van der Waals surface area contributed by atoms with Crippen molar-refractivity contribution in [3.05, 3.63) is 0 Å².